The number of likely N-dealkylation sites (tertiary alicyclic amines) is 1. The van der Waals surface area contributed by atoms with Crippen LogP contribution < -0.4 is 16.4 Å². The van der Waals surface area contributed by atoms with Crippen LogP contribution in [0.1, 0.15) is 80.6 Å². The van der Waals surface area contributed by atoms with E-state index in [1.54, 1.807) is 0 Å². The molecule has 6 rings (SSSR count). The van der Waals surface area contributed by atoms with Crippen molar-refractivity contribution in [2.75, 3.05) is 23.7 Å². The van der Waals surface area contributed by atoms with Crippen molar-refractivity contribution in [3.8, 4) is 0 Å². The number of nitrogens with zero attached hydrogens (tertiary/aromatic N) is 5. The molecule has 3 aromatic rings. The van der Waals surface area contributed by atoms with Gasteiger partial charge in [0.2, 0.25) is 5.95 Å². The monoisotopic (exact) mass is 574 g/mol. The Labute approximate surface area is 242 Å². The van der Waals surface area contributed by atoms with Gasteiger partial charge < -0.3 is 25.8 Å². The molecule has 2 aliphatic carbocycles. The molecule has 0 unspecified atom stereocenters. The quantitative estimate of drug-likeness (QED) is 0.371. The van der Waals surface area contributed by atoms with Gasteiger partial charge in [-0.15, -0.1) is 24.8 Å². The molecule has 2 aromatic heterocycles. The Hall–Kier alpha value is -2.62. The molecule has 1 aromatic carbocycles. The third kappa shape index (κ3) is 6.58. The van der Waals surface area contributed by atoms with E-state index in [-0.39, 0.29) is 36.8 Å². The van der Waals surface area contributed by atoms with Crippen molar-refractivity contribution in [2.24, 2.45) is 5.73 Å². The molecule has 1 amide bonds. The van der Waals surface area contributed by atoms with E-state index in [9.17, 15) is 4.79 Å². The fourth-order valence-corrected chi connectivity index (χ4v) is 6.16. The molecule has 3 aliphatic rings. The van der Waals surface area contributed by atoms with E-state index in [1.807, 2.05) is 41.6 Å². The Kier molecular flexibility index (Phi) is 9.91. The van der Waals surface area contributed by atoms with Crippen LogP contribution in [0.25, 0.3) is 11.2 Å². The summed E-state index contributed by atoms with van der Waals surface area (Å²) in [6, 6.07) is 10.9. The molecule has 11 heteroatoms. The number of anilines is 2. The second-order valence-corrected chi connectivity index (χ2v) is 11.0. The maximum Gasteiger partial charge on any atom is 0.253 e. The third-order valence-electron chi connectivity index (χ3n) is 8.39. The maximum atomic E-state index is 12.9. The highest BCUT2D eigenvalue weighted by molar-refractivity contribution is 5.94. The van der Waals surface area contributed by atoms with Gasteiger partial charge in [-0.05, 0) is 63.5 Å². The minimum Gasteiger partial charge on any atom is -0.365 e. The number of aromatic nitrogens is 4. The van der Waals surface area contributed by atoms with E-state index in [0.717, 1.165) is 74.2 Å². The van der Waals surface area contributed by atoms with Gasteiger partial charge in [-0.2, -0.15) is 9.97 Å². The zero-order chi connectivity index (χ0) is 25.2. The van der Waals surface area contributed by atoms with Crippen LogP contribution in [0.2, 0.25) is 0 Å². The zero-order valence-electron chi connectivity index (χ0n) is 22.3. The smallest absolute Gasteiger partial charge is 0.253 e. The summed E-state index contributed by atoms with van der Waals surface area (Å²) in [5.41, 5.74) is 8.63. The number of benzene rings is 1. The maximum absolute atomic E-state index is 12.9. The molecule has 0 radical (unpaired) electrons. The highest BCUT2D eigenvalue weighted by atomic mass is 35.5. The standard InChI is InChI=1S/C28H38N8O.2ClH/c29-20-10-12-21(13-11-20)32-28-33-25(24-26(34-28)36(18-30-24)23-8-4-5-9-23)31-22-14-16-35(17-15-22)27(37)19-6-2-1-3-7-19;;/h1-3,6-7,18,20-23H,4-5,8-17,29H2,(H2,31,32,33,34);2*1H. The molecule has 2 saturated carbocycles. The Balaban J connectivity index is 0.00000176. The first kappa shape index (κ1) is 29.4. The van der Waals surface area contributed by atoms with Gasteiger partial charge in [-0.3, -0.25) is 4.79 Å². The number of carbonyl (C=O) groups excluding carboxylic acids is 1. The minimum absolute atomic E-state index is 0. The lowest BCUT2D eigenvalue weighted by Crippen LogP contribution is -2.42. The summed E-state index contributed by atoms with van der Waals surface area (Å²) in [4.78, 5) is 29.5. The van der Waals surface area contributed by atoms with Crippen LogP contribution in [0, 0.1) is 0 Å². The number of halogens is 2. The van der Waals surface area contributed by atoms with Gasteiger partial charge in [0.05, 0.1) is 6.33 Å². The number of carbonyl (C=O) groups is 1. The summed E-state index contributed by atoms with van der Waals surface area (Å²) in [6.07, 6.45) is 12.7. The lowest BCUT2D eigenvalue weighted by atomic mass is 9.92. The topological polar surface area (TPSA) is 114 Å². The van der Waals surface area contributed by atoms with Crippen LogP contribution in [0.3, 0.4) is 0 Å². The molecule has 3 fully saturated rings. The molecule has 1 aliphatic heterocycles. The molecule has 0 bridgehead atoms. The summed E-state index contributed by atoms with van der Waals surface area (Å²) in [5, 5.41) is 7.29. The molecule has 3 heterocycles. The van der Waals surface area contributed by atoms with E-state index < -0.39 is 0 Å². The van der Waals surface area contributed by atoms with Crippen molar-refractivity contribution in [1.29, 1.82) is 0 Å². The van der Waals surface area contributed by atoms with E-state index in [4.69, 9.17) is 20.7 Å². The minimum atomic E-state index is 0. The van der Waals surface area contributed by atoms with Crippen LogP contribution in [-0.2, 0) is 0 Å². The summed E-state index contributed by atoms with van der Waals surface area (Å²) < 4.78 is 2.26. The number of amides is 1. The number of nitrogens with one attached hydrogen (secondary N) is 2. The van der Waals surface area contributed by atoms with Gasteiger partial charge in [0.1, 0.15) is 0 Å². The molecular weight excluding hydrogens is 535 g/mol. The predicted octanol–water partition coefficient (Wildman–Crippen LogP) is 5.18. The SMILES string of the molecule is Cl.Cl.NC1CCC(Nc2nc(NC3CCN(C(=O)c4ccccc4)CC3)c3ncn(C4CCCC4)c3n2)CC1. The number of fused-ring (bicyclic) bond motifs is 1. The lowest BCUT2D eigenvalue weighted by Gasteiger charge is -2.33. The zero-order valence-corrected chi connectivity index (χ0v) is 23.9. The van der Waals surface area contributed by atoms with Crippen molar-refractivity contribution < 1.29 is 4.79 Å². The van der Waals surface area contributed by atoms with Crippen molar-refractivity contribution in [2.45, 2.75) is 88.4 Å². The second kappa shape index (κ2) is 13.2. The van der Waals surface area contributed by atoms with E-state index >= 15 is 0 Å². The normalized spacial score (nSPS) is 22.2. The lowest BCUT2D eigenvalue weighted by molar-refractivity contribution is 0.0718. The number of hydrogen-bond acceptors (Lipinski definition) is 7. The number of nitrogens with two attached hydrogens (primary N) is 1. The highest BCUT2D eigenvalue weighted by Gasteiger charge is 2.27. The molecular formula is C28H40Cl2N8O. The molecule has 39 heavy (non-hydrogen) atoms. The Morgan fingerprint density at radius 3 is 2.21 bits per heavy atom. The van der Waals surface area contributed by atoms with Crippen molar-refractivity contribution in [1.82, 2.24) is 24.4 Å². The first-order valence-electron chi connectivity index (χ1n) is 14.0. The molecule has 1 saturated heterocycles. The first-order valence-corrected chi connectivity index (χ1v) is 14.0. The third-order valence-corrected chi connectivity index (χ3v) is 8.39. The van der Waals surface area contributed by atoms with Gasteiger partial charge in [-0.25, -0.2) is 4.98 Å². The number of hydrogen-bond donors (Lipinski definition) is 3. The van der Waals surface area contributed by atoms with Gasteiger partial charge in [0, 0.05) is 42.8 Å². The van der Waals surface area contributed by atoms with Crippen LogP contribution in [0.4, 0.5) is 11.8 Å². The predicted molar refractivity (Wildman–Crippen MR) is 160 cm³/mol. The summed E-state index contributed by atoms with van der Waals surface area (Å²) in [5.74, 6) is 1.58. The van der Waals surface area contributed by atoms with Crippen LogP contribution in [0.15, 0.2) is 36.7 Å². The summed E-state index contributed by atoms with van der Waals surface area (Å²) in [6.45, 7) is 1.45. The van der Waals surface area contributed by atoms with Gasteiger partial charge in [-0.1, -0.05) is 31.0 Å². The largest absolute Gasteiger partial charge is 0.365 e. The Morgan fingerprint density at radius 1 is 0.846 bits per heavy atom. The fraction of sp³-hybridized carbons (Fsp3) is 0.571. The summed E-state index contributed by atoms with van der Waals surface area (Å²) >= 11 is 0. The Morgan fingerprint density at radius 2 is 1.51 bits per heavy atom. The molecule has 0 spiro atoms. The van der Waals surface area contributed by atoms with Crippen molar-refractivity contribution >= 4 is 53.7 Å². The second-order valence-electron chi connectivity index (χ2n) is 11.0. The average Bonchev–Trinajstić information content (AvgIpc) is 3.61. The number of imidazole rings is 1. The first-order chi connectivity index (χ1) is 18.1. The van der Waals surface area contributed by atoms with Crippen LogP contribution >= 0.6 is 24.8 Å². The van der Waals surface area contributed by atoms with Gasteiger partial charge in [0.15, 0.2) is 17.0 Å². The Bertz CT molecular complexity index is 1220. The van der Waals surface area contributed by atoms with Crippen molar-refractivity contribution in [3.05, 3.63) is 42.2 Å². The molecule has 9 nitrogen and oxygen atoms in total. The van der Waals surface area contributed by atoms with E-state index in [0.29, 0.717) is 24.1 Å². The highest BCUT2D eigenvalue weighted by Crippen LogP contribution is 2.34. The van der Waals surface area contributed by atoms with E-state index in [1.165, 1.54) is 25.7 Å². The average molecular weight is 576 g/mol. The van der Waals surface area contributed by atoms with Gasteiger partial charge in [0.25, 0.3) is 5.91 Å². The molecule has 0 atom stereocenters. The number of rotatable bonds is 6. The van der Waals surface area contributed by atoms with Crippen LogP contribution in [-0.4, -0.2) is 61.5 Å². The molecule has 4 N–H and O–H groups in total. The van der Waals surface area contributed by atoms with E-state index in [2.05, 4.69) is 15.2 Å². The van der Waals surface area contributed by atoms with Gasteiger partial charge >= 0.3 is 0 Å². The summed E-state index contributed by atoms with van der Waals surface area (Å²) in [7, 11) is 0. The number of piperidine rings is 1. The van der Waals surface area contributed by atoms with Crippen molar-refractivity contribution in [3.63, 3.8) is 0 Å². The fourth-order valence-electron chi connectivity index (χ4n) is 6.16. The molecule has 212 valence electrons. The van der Waals surface area contributed by atoms with Crippen LogP contribution in [0.5, 0.6) is 0 Å².